The Balaban J connectivity index is 2.02. The van der Waals surface area contributed by atoms with Gasteiger partial charge in [0.2, 0.25) is 5.91 Å². The van der Waals surface area contributed by atoms with Crippen LogP contribution in [0.4, 0.5) is 0 Å². The molecule has 6 heteroatoms. The Hall–Kier alpha value is -1.43. The molecule has 0 saturated carbocycles. The van der Waals surface area contributed by atoms with Crippen LogP contribution in [0.3, 0.4) is 0 Å². The maximum absolute atomic E-state index is 12.2. The Kier molecular flexibility index (Phi) is 5.21. The van der Waals surface area contributed by atoms with Crippen molar-refractivity contribution in [2.75, 3.05) is 0 Å². The third-order valence-corrected chi connectivity index (χ3v) is 4.67. The van der Waals surface area contributed by atoms with E-state index in [0.717, 1.165) is 16.3 Å². The molecule has 0 radical (unpaired) electrons. The summed E-state index contributed by atoms with van der Waals surface area (Å²) in [5.74, 6) is -0.0681. The number of hydrogen-bond acceptors (Lipinski definition) is 4. The van der Waals surface area contributed by atoms with Crippen LogP contribution in [-0.2, 0) is 16.8 Å². The summed E-state index contributed by atoms with van der Waals surface area (Å²) in [5, 5.41) is 6.44. The van der Waals surface area contributed by atoms with Gasteiger partial charge in [0.1, 0.15) is 5.01 Å². The first-order chi connectivity index (χ1) is 10.3. The van der Waals surface area contributed by atoms with Gasteiger partial charge in [0, 0.05) is 10.4 Å². The van der Waals surface area contributed by atoms with E-state index in [1.807, 2.05) is 50.4 Å². The summed E-state index contributed by atoms with van der Waals surface area (Å²) in [6.07, 6.45) is 0.250. The molecule has 3 N–H and O–H groups in total. The predicted octanol–water partition coefficient (Wildman–Crippen LogP) is 3.41. The number of nitrogens with one attached hydrogen (secondary N) is 1. The molecule has 0 fully saturated rings. The van der Waals surface area contributed by atoms with Crippen LogP contribution in [0.2, 0.25) is 5.02 Å². The average molecular weight is 338 g/mol. The highest BCUT2D eigenvalue weighted by Gasteiger charge is 2.23. The fourth-order valence-electron chi connectivity index (χ4n) is 2.11. The van der Waals surface area contributed by atoms with Crippen molar-refractivity contribution in [1.29, 1.82) is 0 Å². The maximum atomic E-state index is 12.2. The van der Waals surface area contributed by atoms with Gasteiger partial charge in [0.15, 0.2) is 0 Å². The van der Waals surface area contributed by atoms with Crippen molar-refractivity contribution in [2.45, 2.75) is 38.8 Å². The van der Waals surface area contributed by atoms with Crippen LogP contribution in [0.5, 0.6) is 0 Å². The molecule has 0 aliphatic heterocycles. The SMILES string of the molecule is CC(N)c1nc(CC(=O)NC(C)(C)c2ccc(Cl)cc2)cs1. The van der Waals surface area contributed by atoms with Crippen LogP contribution in [-0.4, -0.2) is 10.9 Å². The van der Waals surface area contributed by atoms with Gasteiger partial charge in [-0.3, -0.25) is 4.79 Å². The lowest BCUT2D eigenvalue weighted by Crippen LogP contribution is -2.41. The van der Waals surface area contributed by atoms with Gasteiger partial charge in [-0.15, -0.1) is 11.3 Å². The molecule has 0 bridgehead atoms. The number of thiazole rings is 1. The molecule has 0 aliphatic carbocycles. The Morgan fingerprint density at radius 1 is 1.41 bits per heavy atom. The monoisotopic (exact) mass is 337 g/mol. The van der Waals surface area contributed by atoms with Crippen molar-refractivity contribution < 1.29 is 4.79 Å². The molecule has 1 aromatic carbocycles. The van der Waals surface area contributed by atoms with Crippen molar-refractivity contribution >= 4 is 28.8 Å². The highest BCUT2D eigenvalue weighted by molar-refractivity contribution is 7.09. The normalized spacial score (nSPS) is 13.0. The third-order valence-electron chi connectivity index (χ3n) is 3.32. The minimum atomic E-state index is -0.471. The summed E-state index contributed by atoms with van der Waals surface area (Å²) in [4.78, 5) is 16.6. The molecule has 4 nitrogen and oxygen atoms in total. The largest absolute Gasteiger partial charge is 0.347 e. The molecule has 0 aliphatic rings. The minimum Gasteiger partial charge on any atom is -0.347 e. The standard InChI is InChI=1S/C16H20ClN3OS/c1-10(18)15-19-13(9-22-15)8-14(21)20-16(2,3)11-4-6-12(17)7-5-11/h4-7,9-10H,8,18H2,1-3H3,(H,20,21). The van der Waals surface area contributed by atoms with Crippen LogP contribution in [0.1, 0.15) is 43.1 Å². The van der Waals surface area contributed by atoms with Gasteiger partial charge < -0.3 is 11.1 Å². The molecule has 22 heavy (non-hydrogen) atoms. The van der Waals surface area contributed by atoms with E-state index in [1.54, 1.807) is 0 Å². The van der Waals surface area contributed by atoms with Crippen LogP contribution in [0.25, 0.3) is 0 Å². The Labute approximate surface area is 139 Å². The van der Waals surface area contributed by atoms with Gasteiger partial charge in [-0.1, -0.05) is 23.7 Å². The number of nitrogens with two attached hydrogens (primary N) is 1. The number of benzene rings is 1. The van der Waals surface area contributed by atoms with Gasteiger partial charge in [-0.2, -0.15) is 0 Å². The first-order valence-electron chi connectivity index (χ1n) is 7.05. The molecule has 1 atom stereocenters. The molecule has 1 unspecified atom stereocenters. The van der Waals surface area contributed by atoms with E-state index in [4.69, 9.17) is 17.3 Å². The van der Waals surface area contributed by atoms with Crippen LogP contribution < -0.4 is 11.1 Å². The van der Waals surface area contributed by atoms with E-state index in [2.05, 4.69) is 10.3 Å². The lowest BCUT2D eigenvalue weighted by molar-refractivity contribution is -0.122. The lowest BCUT2D eigenvalue weighted by Gasteiger charge is -2.27. The number of nitrogens with zero attached hydrogens (tertiary/aromatic N) is 1. The van der Waals surface area contributed by atoms with E-state index in [0.29, 0.717) is 5.02 Å². The zero-order valence-corrected chi connectivity index (χ0v) is 14.5. The molecular weight excluding hydrogens is 318 g/mol. The van der Waals surface area contributed by atoms with Gasteiger partial charge >= 0.3 is 0 Å². The summed E-state index contributed by atoms with van der Waals surface area (Å²) in [7, 11) is 0. The van der Waals surface area contributed by atoms with Crippen molar-refractivity contribution in [1.82, 2.24) is 10.3 Å². The first-order valence-corrected chi connectivity index (χ1v) is 8.30. The van der Waals surface area contributed by atoms with E-state index in [9.17, 15) is 4.79 Å². The zero-order valence-electron chi connectivity index (χ0n) is 12.9. The second-order valence-electron chi connectivity index (χ2n) is 5.82. The molecule has 2 aromatic rings. The number of hydrogen-bond donors (Lipinski definition) is 2. The van der Waals surface area contributed by atoms with E-state index < -0.39 is 5.54 Å². The van der Waals surface area contributed by atoms with Crippen LogP contribution in [0.15, 0.2) is 29.6 Å². The second-order valence-corrected chi connectivity index (χ2v) is 7.15. The fourth-order valence-corrected chi connectivity index (χ4v) is 3.01. The number of halogens is 1. The third kappa shape index (κ3) is 4.29. The number of carbonyl (C=O) groups excluding carboxylic acids is 1. The number of aromatic nitrogens is 1. The first kappa shape index (κ1) is 16.9. The molecule has 0 saturated heterocycles. The van der Waals surface area contributed by atoms with Gasteiger partial charge in [-0.25, -0.2) is 4.98 Å². The molecule has 2 rings (SSSR count). The van der Waals surface area contributed by atoms with Crippen molar-refractivity contribution in [3.05, 3.63) is 50.9 Å². The van der Waals surface area contributed by atoms with E-state index in [-0.39, 0.29) is 18.4 Å². The fraction of sp³-hybridized carbons (Fsp3) is 0.375. The summed E-state index contributed by atoms with van der Waals surface area (Å²) in [6.45, 7) is 5.80. The van der Waals surface area contributed by atoms with Crippen LogP contribution >= 0.6 is 22.9 Å². The summed E-state index contributed by atoms with van der Waals surface area (Å²) in [6, 6.07) is 7.37. The smallest absolute Gasteiger partial charge is 0.226 e. The summed E-state index contributed by atoms with van der Waals surface area (Å²) < 4.78 is 0. The molecule has 118 valence electrons. The predicted molar refractivity (Wildman–Crippen MR) is 91.0 cm³/mol. The minimum absolute atomic E-state index is 0.0681. The Morgan fingerprint density at radius 3 is 2.59 bits per heavy atom. The van der Waals surface area contributed by atoms with E-state index >= 15 is 0 Å². The number of carbonyl (C=O) groups is 1. The topological polar surface area (TPSA) is 68.0 Å². The number of amides is 1. The van der Waals surface area contributed by atoms with E-state index in [1.165, 1.54) is 11.3 Å². The van der Waals surface area contributed by atoms with Gasteiger partial charge in [0.05, 0.1) is 23.7 Å². The van der Waals surface area contributed by atoms with Crippen molar-refractivity contribution in [3.63, 3.8) is 0 Å². The second kappa shape index (κ2) is 6.77. The van der Waals surface area contributed by atoms with Crippen molar-refractivity contribution in [3.8, 4) is 0 Å². The molecular formula is C16H20ClN3OS. The molecule has 0 spiro atoms. The quantitative estimate of drug-likeness (QED) is 0.878. The summed E-state index contributed by atoms with van der Waals surface area (Å²) in [5.41, 5.74) is 7.07. The molecule has 1 aromatic heterocycles. The van der Waals surface area contributed by atoms with Crippen molar-refractivity contribution in [2.24, 2.45) is 5.73 Å². The Morgan fingerprint density at radius 2 is 2.05 bits per heavy atom. The molecule has 1 heterocycles. The summed E-state index contributed by atoms with van der Waals surface area (Å²) >= 11 is 7.38. The average Bonchev–Trinajstić information content (AvgIpc) is 2.87. The molecule has 1 amide bonds. The number of rotatable bonds is 5. The van der Waals surface area contributed by atoms with Gasteiger partial charge in [-0.05, 0) is 38.5 Å². The highest BCUT2D eigenvalue weighted by atomic mass is 35.5. The van der Waals surface area contributed by atoms with Gasteiger partial charge in [0.25, 0.3) is 0 Å². The zero-order chi connectivity index (χ0) is 16.3. The van der Waals surface area contributed by atoms with Crippen LogP contribution in [0, 0.1) is 0 Å². The lowest BCUT2D eigenvalue weighted by atomic mass is 9.94. The maximum Gasteiger partial charge on any atom is 0.226 e. The Bertz CT molecular complexity index is 650. The highest BCUT2D eigenvalue weighted by Crippen LogP contribution is 2.22.